The number of hydrogen-bond acceptors (Lipinski definition) is 9. The van der Waals surface area contributed by atoms with Gasteiger partial charge in [0.1, 0.15) is 27.9 Å². The number of amides is 2. The van der Waals surface area contributed by atoms with E-state index in [2.05, 4.69) is 15.5 Å². The van der Waals surface area contributed by atoms with Crippen molar-refractivity contribution in [3.8, 4) is 5.75 Å². The van der Waals surface area contributed by atoms with Crippen molar-refractivity contribution in [2.24, 2.45) is 0 Å². The number of ether oxygens (including phenoxy) is 1. The highest BCUT2D eigenvalue weighted by Gasteiger charge is 2.54. The SMILES string of the molecule is Cc1nnc(SCC2=C(C(=O)O)N3C(=O)[C@H](NC(=O)COc4ccccc4)[C@H]3SC2)s1. The van der Waals surface area contributed by atoms with Crippen LogP contribution in [0.2, 0.25) is 0 Å². The maximum Gasteiger partial charge on any atom is 0.352 e. The summed E-state index contributed by atoms with van der Waals surface area (Å²) in [6.45, 7) is 1.62. The molecule has 2 atom stereocenters. The zero-order chi connectivity index (χ0) is 22.0. The van der Waals surface area contributed by atoms with Crippen molar-refractivity contribution in [2.45, 2.75) is 22.7 Å². The number of aromatic nitrogens is 2. The molecule has 1 fully saturated rings. The quantitative estimate of drug-likeness (QED) is 0.432. The molecule has 31 heavy (non-hydrogen) atoms. The number of nitrogens with one attached hydrogen (secondary N) is 1. The van der Waals surface area contributed by atoms with E-state index in [9.17, 15) is 19.5 Å². The summed E-state index contributed by atoms with van der Waals surface area (Å²) in [4.78, 5) is 38.1. The highest BCUT2D eigenvalue weighted by atomic mass is 32.2. The van der Waals surface area contributed by atoms with Crippen LogP contribution in [0.15, 0.2) is 45.9 Å². The van der Waals surface area contributed by atoms with Gasteiger partial charge in [0, 0.05) is 11.5 Å². The first-order valence-electron chi connectivity index (χ1n) is 9.24. The summed E-state index contributed by atoms with van der Waals surface area (Å²) in [5, 5.41) is 20.8. The lowest BCUT2D eigenvalue weighted by Crippen LogP contribution is -2.70. The van der Waals surface area contributed by atoms with E-state index in [-0.39, 0.29) is 12.3 Å². The number of hydrogen-bond donors (Lipinski definition) is 2. The minimum absolute atomic E-state index is 0.00600. The Kier molecular flexibility index (Phi) is 6.49. The summed E-state index contributed by atoms with van der Waals surface area (Å²) in [6, 6.07) is 8.11. The number of carbonyl (C=O) groups is 3. The number of aryl methyl sites for hydroxylation is 1. The van der Waals surface area contributed by atoms with Crippen molar-refractivity contribution >= 4 is 52.6 Å². The lowest BCUT2D eigenvalue weighted by molar-refractivity contribution is -0.150. The van der Waals surface area contributed by atoms with Crippen molar-refractivity contribution in [1.82, 2.24) is 20.4 Å². The van der Waals surface area contributed by atoms with Crippen molar-refractivity contribution in [3.05, 3.63) is 46.6 Å². The van der Waals surface area contributed by atoms with Crippen LogP contribution < -0.4 is 10.1 Å². The number of nitrogens with zero attached hydrogens (tertiary/aromatic N) is 3. The van der Waals surface area contributed by atoms with Gasteiger partial charge < -0.3 is 15.2 Å². The standard InChI is InChI=1S/C19H18N4O5S3/c1-10-21-22-19(31-10)30-9-11-8-29-17-14(16(25)23(17)15(11)18(26)27)20-13(24)7-28-12-5-3-2-4-6-12/h2-6,14,17H,7-9H2,1H3,(H,20,24)(H,26,27)/t14-,17+/m0/s1. The highest BCUT2D eigenvalue weighted by Crippen LogP contribution is 2.41. The van der Waals surface area contributed by atoms with Gasteiger partial charge in [0.05, 0.1) is 0 Å². The van der Waals surface area contributed by atoms with Crippen LogP contribution in [0.5, 0.6) is 5.75 Å². The summed E-state index contributed by atoms with van der Waals surface area (Å²) >= 11 is 4.27. The second kappa shape index (κ2) is 9.28. The lowest BCUT2D eigenvalue weighted by Gasteiger charge is -2.49. The molecule has 2 aromatic rings. The Morgan fingerprint density at radius 3 is 2.77 bits per heavy atom. The van der Waals surface area contributed by atoms with Gasteiger partial charge in [-0.3, -0.25) is 14.5 Å². The molecule has 1 saturated heterocycles. The molecule has 2 aliphatic heterocycles. The predicted molar refractivity (Wildman–Crippen MR) is 117 cm³/mol. The van der Waals surface area contributed by atoms with E-state index >= 15 is 0 Å². The molecule has 2 aliphatic rings. The van der Waals surface area contributed by atoms with Gasteiger partial charge in [-0.2, -0.15) is 0 Å². The van der Waals surface area contributed by atoms with Gasteiger partial charge >= 0.3 is 5.97 Å². The van der Waals surface area contributed by atoms with Crippen LogP contribution in [-0.2, 0) is 14.4 Å². The summed E-state index contributed by atoms with van der Waals surface area (Å²) in [7, 11) is 0. The number of carboxylic acids is 1. The molecule has 9 nitrogen and oxygen atoms in total. The smallest absolute Gasteiger partial charge is 0.352 e. The Labute approximate surface area is 190 Å². The summed E-state index contributed by atoms with van der Waals surface area (Å²) in [5.74, 6) is -0.613. The Balaban J connectivity index is 1.38. The van der Waals surface area contributed by atoms with Gasteiger partial charge in [0.25, 0.3) is 11.8 Å². The number of carboxylic acid groups (broad SMARTS) is 1. The van der Waals surface area contributed by atoms with E-state index in [1.54, 1.807) is 24.3 Å². The fraction of sp³-hybridized carbons (Fsp3) is 0.316. The van der Waals surface area contributed by atoms with Crippen LogP contribution in [0.1, 0.15) is 5.01 Å². The molecule has 2 N–H and O–H groups in total. The first-order valence-corrected chi connectivity index (χ1v) is 12.1. The monoisotopic (exact) mass is 478 g/mol. The largest absolute Gasteiger partial charge is 0.484 e. The first-order chi connectivity index (χ1) is 14.9. The van der Waals surface area contributed by atoms with Crippen LogP contribution >= 0.6 is 34.9 Å². The predicted octanol–water partition coefficient (Wildman–Crippen LogP) is 1.76. The van der Waals surface area contributed by atoms with Gasteiger partial charge in [0.2, 0.25) is 0 Å². The van der Waals surface area contributed by atoms with Crippen molar-refractivity contribution in [2.75, 3.05) is 18.1 Å². The fourth-order valence-electron chi connectivity index (χ4n) is 3.16. The number of fused-ring (bicyclic) bond motifs is 1. The van der Waals surface area contributed by atoms with Gasteiger partial charge in [-0.1, -0.05) is 41.3 Å². The Bertz CT molecular complexity index is 1040. The first kappa shape index (κ1) is 21.7. The van der Waals surface area contributed by atoms with Crippen LogP contribution in [0, 0.1) is 6.92 Å². The number of carbonyl (C=O) groups excluding carboxylic acids is 2. The molecule has 3 heterocycles. The molecule has 162 valence electrons. The van der Waals surface area contributed by atoms with Gasteiger partial charge in [0.15, 0.2) is 10.9 Å². The van der Waals surface area contributed by atoms with Crippen molar-refractivity contribution in [1.29, 1.82) is 0 Å². The lowest BCUT2D eigenvalue weighted by atomic mass is 10.0. The zero-order valence-corrected chi connectivity index (χ0v) is 18.8. The summed E-state index contributed by atoms with van der Waals surface area (Å²) in [6.07, 6.45) is 0. The minimum atomic E-state index is -1.15. The zero-order valence-electron chi connectivity index (χ0n) is 16.3. The fourth-order valence-corrected chi connectivity index (χ4v) is 6.46. The number of benzene rings is 1. The van der Waals surface area contributed by atoms with E-state index in [0.29, 0.717) is 22.8 Å². The third-order valence-corrected chi connectivity index (χ3v) is 7.95. The molecule has 0 aliphatic carbocycles. The third-order valence-electron chi connectivity index (χ3n) is 4.56. The third kappa shape index (κ3) is 4.70. The normalized spacial score (nSPS) is 20.2. The van der Waals surface area contributed by atoms with Crippen LogP contribution in [0.3, 0.4) is 0 Å². The van der Waals surface area contributed by atoms with Gasteiger partial charge in [-0.15, -0.1) is 22.0 Å². The summed E-state index contributed by atoms with van der Waals surface area (Å²) in [5.41, 5.74) is 0.644. The molecule has 4 rings (SSSR count). The Morgan fingerprint density at radius 1 is 1.32 bits per heavy atom. The molecule has 1 aromatic heterocycles. The molecule has 1 aromatic carbocycles. The topological polar surface area (TPSA) is 122 Å². The van der Waals surface area contributed by atoms with E-state index in [4.69, 9.17) is 4.74 Å². The molecular formula is C19H18N4O5S3. The average Bonchev–Trinajstić information content (AvgIpc) is 3.19. The molecule has 0 unspecified atom stereocenters. The second-order valence-electron chi connectivity index (χ2n) is 6.69. The number of β-lactam (4-membered cyclic amide) rings is 1. The van der Waals surface area contributed by atoms with Gasteiger partial charge in [-0.05, 0) is 24.6 Å². The molecular weight excluding hydrogens is 460 g/mol. The highest BCUT2D eigenvalue weighted by molar-refractivity contribution is 8.01. The van der Waals surface area contributed by atoms with E-state index in [1.807, 2.05) is 13.0 Å². The molecule has 0 spiro atoms. The van der Waals surface area contributed by atoms with E-state index < -0.39 is 29.2 Å². The minimum Gasteiger partial charge on any atom is -0.484 e. The maximum atomic E-state index is 12.7. The van der Waals surface area contributed by atoms with Crippen LogP contribution in [-0.4, -0.2) is 67.5 Å². The van der Waals surface area contributed by atoms with Crippen molar-refractivity contribution < 1.29 is 24.2 Å². The van der Waals surface area contributed by atoms with E-state index in [0.717, 1.165) is 9.35 Å². The maximum absolute atomic E-state index is 12.7. The van der Waals surface area contributed by atoms with Gasteiger partial charge in [-0.25, -0.2) is 4.79 Å². The molecule has 0 radical (unpaired) electrons. The number of rotatable bonds is 8. The number of aliphatic carboxylic acids is 1. The number of para-hydroxylation sites is 1. The van der Waals surface area contributed by atoms with Crippen molar-refractivity contribution in [3.63, 3.8) is 0 Å². The average molecular weight is 479 g/mol. The number of thioether (sulfide) groups is 2. The van der Waals surface area contributed by atoms with E-state index in [1.165, 1.54) is 39.8 Å². The van der Waals surface area contributed by atoms with Crippen LogP contribution in [0.25, 0.3) is 0 Å². The molecule has 0 saturated carbocycles. The Hall–Kier alpha value is -2.57. The Morgan fingerprint density at radius 2 is 2.10 bits per heavy atom. The second-order valence-corrected chi connectivity index (χ2v) is 10.2. The molecule has 0 bridgehead atoms. The summed E-state index contributed by atoms with van der Waals surface area (Å²) < 4.78 is 6.15. The molecule has 2 amide bonds. The molecule has 12 heteroatoms. The van der Waals surface area contributed by atoms with Crippen LogP contribution in [0.4, 0.5) is 0 Å².